The molecule has 0 spiro atoms. The topological polar surface area (TPSA) is 51.2 Å². The summed E-state index contributed by atoms with van der Waals surface area (Å²) in [5.41, 5.74) is 1.92. The minimum atomic E-state index is -0.494. The van der Waals surface area contributed by atoms with Gasteiger partial charge in [-0.25, -0.2) is 9.37 Å². The fourth-order valence-electron chi connectivity index (χ4n) is 2.17. The first kappa shape index (κ1) is 15.7. The predicted octanol–water partition coefficient (Wildman–Crippen LogP) is 4.66. The van der Waals surface area contributed by atoms with Crippen molar-refractivity contribution in [3.05, 3.63) is 52.3 Å². The van der Waals surface area contributed by atoms with Crippen LogP contribution in [0.5, 0.6) is 5.75 Å². The second-order valence-electron chi connectivity index (χ2n) is 4.86. The van der Waals surface area contributed by atoms with Crippen molar-refractivity contribution in [3.8, 4) is 5.75 Å². The number of halogens is 2. The molecular weight excluding hydrogens is 339 g/mol. The van der Waals surface area contributed by atoms with Crippen molar-refractivity contribution in [1.82, 2.24) is 4.98 Å². The first-order valence-corrected chi connectivity index (χ1v) is 7.89. The third-order valence-electron chi connectivity index (χ3n) is 3.32. The van der Waals surface area contributed by atoms with Crippen LogP contribution in [0.2, 0.25) is 5.02 Å². The Morgan fingerprint density at radius 2 is 2.13 bits per heavy atom. The Morgan fingerprint density at radius 3 is 2.83 bits per heavy atom. The minimum Gasteiger partial charge on any atom is -0.494 e. The van der Waals surface area contributed by atoms with Crippen molar-refractivity contribution < 1.29 is 13.9 Å². The van der Waals surface area contributed by atoms with E-state index in [1.165, 1.54) is 23.5 Å². The summed E-state index contributed by atoms with van der Waals surface area (Å²) in [6, 6.07) is 7.39. The first-order valence-electron chi connectivity index (χ1n) is 6.70. The summed E-state index contributed by atoms with van der Waals surface area (Å²) >= 11 is 7.25. The number of hydrogen-bond acceptors (Lipinski definition) is 4. The Morgan fingerprint density at radius 1 is 1.35 bits per heavy atom. The quantitative estimate of drug-likeness (QED) is 0.747. The third kappa shape index (κ3) is 3.00. The molecule has 0 aliphatic rings. The Labute approximate surface area is 140 Å². The van der Waals surface area contributed by atoms with Crippen LogP contribution in [0, 0.1) is 12.7 Å². The Bertz CT molecular complexity index is 910. The molecule has 0 unspecified atom stereocenters. The van der Waals surface area contributed by atoms with Gasteiger partial charge >= 0.3 is 0 Å². The summed E-state index contributed by atoms with van der Waals surface area (Å²) in [7, 11) is 1.57. The molecule has 0 radical (unpaired) electrons. The number of thiazole rings is 1. The van der Waals surface area contributed by atoms with Gasteiger partial charge in [0.25, 0.3) is 5.91 Å². The van der Waals surface area contributed by atoms with Crippen LogP contribution in [-0.2, 0) is 0 Å². The monoisotopic (exact) mass is 350 g/mol. The molecule has 3 rings (SSSR count). The molecule has 0 aliphatic heterocycles. The minimum absolute atomic E-state index is 0.0531. The second-order valence-corrected chi connectivity index (χ2v) is 6.27. The molecule has 4 nitrogen and oxygen atoms in total. The molecule has 2 aromatic carbocycles. The van der Waals surface area contributed by atoms with Gasteiger partial charge in [-0.15, -0.1) is 0 Å². The highest BCUT2D eigenvalue weighted by atomic mass is 35.5. The number of hydrogen-bond donors (Lipinski definition) is 1. The number of ether oxygens (including phenoxy) is 1. The van der Waals surface area contributed by atoms with Gasteiger partial charge in [-0.3, -0.25) is 10.1 Å². The number of nitrogens with one attached hydrogen (secondary N) is 1. The van der Waals surface area contributed by atoms with Crippen molar-refractivity contribution in [2.75, 3.05) is 12.4 Å². The molecule has 1 amide bonds. The maximum Gasteiger partial charge on any atom is 0.258 e. The number of rotatable bonds is 3. The number of nitrogens with zero attached hydrogens (tertiary/aromatic N) is 1. The van der Waals surface area contributed by atoms with Crippen molar-refractivity contribution in [2.24, 2.45) is 0 Å². The summed E-state index contributed by atoms with van der Waals surface area (Å²) in [4.78, 5) is 16.7. The zero-order chi connectivity index (χ0) is 16.6. The van der Waals surface area contributed by atoms with Gasteiger partial charge in [0, 0.05) is 0 Å². The molecule has 118 valence electrons. The molecule has 7 heteroatoms. The van der Waals surface area contributed by atoms with Gasteiger partial charge < -0.3 is 4.74 Å². The Hall–Kier alpha value is -2.18. The fourth-order valence-corrected chi connectivity index (χ4v) is 3.36. The van der Waals surface area contributed by atoms with E-state index in [1.807, 2.05) is 19.1 Å². The van der Waals surface area contributed by atoms with Crippen LogP contribution in [0.15, 0.2) is 30.3 Å². The highest BCUT2D eigenvalue weighted by molar-refractivity contribution is 7.22. The zero-order valence-corrected chi connectivity index (χ0v) is 13.9. The first-order chi connectivity index (χ1) is 11.0. The van der Waals surface area contributed by atoms with Crippen molar-refractivity contribution in [3.63, 3.8) is 0 Å². The average Bonchev–Trinajstić information content (AvgIpc) is 2.92. The molecule has 1 heterocycles. The lowest BCUT2D eigenvalue weighted by Gasteiger charge is -2.03. The van der Waals surface area contributed by atoms with E-state index in [0.717, 1.165) is 16.3 Å². The Kier molecular flexibility index (Phi) is 4.19. The number of benzene rings is 2. The lowest BCUT2D eigenvalue weighted by molar-refractivity contribution is 0.102. The van der Waals surface area contributed by atoms with Gasteiger partial charge in [-0.05, 0) is 36.8 Å². The molecule has 0 saturated carbocycles. The highest BCUT2D eigenvalue weighted by Crippen LogP contribution is 2.35. The molecule has 1 aromatic heterocycles. The van der Waals surface area contributed by atoms with Crippen LogP contribution in [-0.4, -0.2) is 18.0 Å². The second kappa shape index (κ2) is 6.14. The molecule has 0 bridgehead atoms. The number of methoxy groups -OCH3 is 1. The molecule has 1 N–H and O–H groups in total. The fraction of sp³-hybridized carbons (Fsp3) is 0.125. The molecule has 0 saturated heterocycles. The standard InChI is InChI=1S/C16H12ClFN2O2S/c1-8-3-6-12(22-2)13-14(8)23-16(19-13)20-15(21)10-5-4-9(18)7-11(10)17/h3-7H,1-2H3,(H,19,20,21). The zero-order valence-electron chi connectivity index (χ0n) is 12.3. The maximum atomic E-state index is 13.1. The van der Waals surface area contributed by atoms with Gasteiger partial charge in [0.1, 0.15) is 17.1 Å². The van der Waals surface area contributed by atoms with Gasteiger partial charge in [0.05, 0.1) is 22.4 Å². The van der Waals surface area contributed by atoms with E-state index >= 15 is 0 Å². The largest absolute Gasteiger partial charge is 0.494 e. The molecular formula is C16H12ClFN2O2S. The lowest BCUT2D eigenvalue weighted by atomic mass is 10.2. The van der Waals surface area contributed by atoms with Crippen LogP contribution in [0.25, 0.3) is 10.2 Å². The predicted molar refractivity (Wildman–Crippen MR) is 90.3 cm³/mol. The van der Waals surface area contributed by atoms with Gasteiger partial charge in [-0.2, -0.15) is 0 Å². The van der Waals surface area contributed by atoms with E-state index in [0.29, 0.717) is 16.4 Å². The lowest BCUT2D eigenvalue weighted by Crippen LogP contribution is -2.12. The third-order valence-corrected chi connectivity index (χ3v) is 4.74. The molecule has 0 fully saturated rings. The number of aryl methyl sites for hydroxylation is 1. The normalized spacial score (nSPS) is 10.8. The Balaban J connectivity index is 1.95. The maximum absolute atomic E-state index is 13.1. The van der Waals surface area contributed by atoms with Crippen molar-refractivity contribution in [1.29, 1.82) is 0 Å². The van der Waals surface area contributed by atoms with Crippen LogP contribution in [0.3, 0.4) is 0 Å². The molecule has 0 aliphatic carbocycles. The number of fused-ring (bicyclic) bond motifs is 1. The average molecular weight is 351 g/mol. The molecule has 3 aromatic rings. The van der Waals surface area contributed by atoms with Crippen LogP contribution in [0.1, 0.15) is 15.9 Å². The number of aromatic nitrogens is 1. The molecule has 0 atom stereocenters. The number of amides is 1. The van der Waals surface area contributed by atoms with E-state index in [-0.39, 0.29) is 10.6 Å². The van der Waals surface area contributed by atoms with Crippen LogP contribution < -0.4 is 10.1 Å². The number of carbonyl (C=O) groups excluding carboxylic acids is 1. The SMILES string of the molecule is COc1ccc(C)c2sc(NC(=O)c3ccc(F)cc3Cl)nc12. The van der Waals surface area contributed by atoms with Crippen LogP contribution in [0.4, 0.5) is 9.52 Å². The van der Waals surface area contributed by atoms with Crippen molar-refractivity contribution >= 4 is 44.2 Å². The van der Waals surface area contributed by atoms with E-state index in [4.69, 9.17) is 16.3 Å². The van der Waals surface area contributed by atoms with Gasteiger partial charge in [0.2, 0.25) is 0 Å². The van der Waals surface area contributed by atoms with E-state index in [9.17, 15) is 9.18 Å². The molecule has 23 heavy (non-hydrogen) atoms. The number of anilines is 1. The van der Waals surface area contributed by atoms with Gasteiger partial charge in [-0.1, -0.05) is 29.0 Å². The summed E-state index contributed by atoms with van der Waals surface area (Å²) in [6.45, 7) is 1.96. The highest BCUT2D eigenvalue weighted by Gasteiger charge is 2.16. The summed E-state index contributed by atoms with van der Waals surface area (Å²) in [5, 5.41) is 3.17. The van der Waals surface area contributed by atoms with E-state index in [1.54, 1.807) is 7.11 Å². The summed E-state index contributed by atoms with van der Waals surface area (Å²) < 4.78 is 19.3. The summed E-state index contributed by atoms with van der Waals surface area (Å²) in [5.74, 6) is -0.292. The summed E-state index contributed by atoms with van der Waals surface area (Å²) in [6.07, 6.45) is 0. The van der Waals surface area contributed by atoms with E-state index < -0.39 is 11.7 Å². The number of carbonyl (C=O) groups is 1. The smallest absolute Gasteiger partial charge is 0.258 e. The van der Waals surface area contributed by atoms with E-state index in [2.05, 4.69) is 10.3 Å². The van der Waals surface area contributed by atoms with Crippen molar-refractivity contribution in [2.45, 2.75) is 6.92 Å². The van der Waals surface area contributed by atoms with Gasteiger partial charge in [0.15, 0.2) is 5.13 Å². The van der Waals surface area contributed by atoms with Crippen LogP contribution >= 0.6 is 22.9 Å².